The lowest BCUT2D eigenvalue weighted by molar-refractivity contribution is -0.107. The van der Waals surface area contributed by atoms with Gasteiger partial charge in [-0.25, -0.2) is 0 Å². The molecule has 2 aromatic rings. The fourth-order valence-electron chi connectivity index (χ4n) is 1.41. The molecule has 0 radical (unpaired) electrons. The van der Waals surface area contributed by atoms with Crippen molar-refractivity contribution >= 4 is 33.1 Å². The monoisotopic (exact) mass is 237 g/mol. The largest absolute Gasteiger partial charge is 0.361 e. The van der Waals surface area contributed by atoms with Crippen molar-refractivity contribution in [3.8, 4) is 0 Å². The highest BCUT2D eigenvalue weighted by molar-refractivity contribution is 9.10. The van der Waals surface area contributed by atoms with E-state index in [9.17, 15) is 4.79 Å². The summed E-state index contributed by atoms with van der Waals surface area (Å²) in [7, 11) is 0. The quantitative estimate of drug-likeness (QED) is 0.801. The average molecular weight is 238 g/mol. The van der Waals surface area contributed by atoms with Gasteiger partial charge in [0.05, 0.1) is 0 Å². The van der Waals surface area contributed by atoms with Gasteiger partial charge in [0, 0.05) is 28.0 Å². The Morgan fingerprint density at radius 2 is 2.31 bits per heavy atom. The fraction of sp³-hybridized carbons (Fsp3) is 0.100. The number of benzene rings is 1. The summed E-state index contributed by atoms with van der Waals surface area (Å²) in [6, 6.07) is 5.99. The summed E-state index contributed by atoms with van der Waals surface area (Å²) in [5, 5.41) is 1.11. The molecule has 2 rings (SSSR count). The summed E-state index contributed by atoms with van der Waals surface area (Å²) in [4.78, 5) is 13.5. The normalized spacial score (nSPS) is 10.5. The van der Waals surface area contributed by atoms with Crippen LogP contribution in [-0.2, 0) is 11.2 Å². The van der Waals surface area contributed by atoms with E-state index in [-0.39, 0.29) is 0 Å². The zero-order valence-electron chi connectivity index (χ0n) is 6.88. The SMILES string of the molecule is O=CCc1c[nH]c2ccc(Br)cc12. The molecule has 3 heteroatoms. The maximum Gasteiger partial charge on any atom is 0.124 e. The summed E-state index contributed by atoms with van der Waals surface area (Å²) in [6.07, 6.45) is 3.27. The Morgan fingerprint density at radius 3 is 3.08 bits per heavy atom. The molecule has 0 saturated carbocycles. The summed E-state index contributed by atoms with van der Waals surface area (Å²) in [6.45, 7) is 0. The first-order valence-electron chi connectivity index (χ1n) is 4.00. The molecule has 1 N–H and O–H groups in total. The van der Waals surface area contributed by atoms with Gasteiger partial charge in [-0.1, -0.05) is 15.9 Å². The molecule has 0 bridgehead atoms. The first-order chi connectivity index (χ1) is 6.31. The average Bonchev–Trinajstić information content (AvgIpc) is 2.49. The maximum absolute atomic E-state index is 10.4. The Bertz CT molecular complexity index is 447. The van der Waals surface area contributed by atoms with Crippen LogP contribution < -0.4 is 0 Å². The number of hydrogen-bond donors (Lipinski definition) is 1. The van der Waals surface area contributed by atoms with Crippen molar-refractivity contribution in [3.63, 3.8) is 0 Å². The molecule has 0 unspecified atom stereocenters. The van der Waals surface area contributed by atoms with Gasteiger partial charge in [0.2, 0.25) is 0 Å². The molecule has 0 fully saturated rings. The zero-order chi connectivity index (χ0) is 9.26. The second-order valence-corrected chi connectivity index (χ2v) is 3.79. The molecule has 1 aromatic heterocycles. The first kappa shape index (κ1) is 8.51. The van der Waals surface area contributed by atoms with Crippen LogP contribution in [0.1, 0.15) is 5.56 Å². The van der Waals surface area contributed by atoms with Crippen LogP contribution in [0.25, 0.3) is 10.9 Å². The van der Waals surface area contributed by atoms with Crippen LogP contribution in [0, 0.1) is 0 Å². The number of aromatic nitrogens is 1. The Kier molecular flexibility index (Phi) is 2.19. The number of nitrogens with one attached hydrogen (secondary N) is 1. The summed E-state index contributed by atoms with van der Waals surface area (Å²) in [5.74, 6) is 0. The fourth-order valence-corrected chi connectivity index (χ4v) is 1.77. The van der Waals surface area contributed by atoms with Gasteiger partial charge in [0.15, 0.2) is 0 Å². The van der Waals surface area contributed by atoms with Crippen LogP contribution in [0.15, 0.2) is 28.9 Å². The number of aldehydes is 1. The number of rotatable bonds is 2. The number of fused-ring (bicyclic) bond motifs is 1. The van der Waals surface area contributed by atoms with Gasteiger partial charge in [-0.3, -0.25) is 0 Å². The molecule has 1 aromatic carbocycles. The van der Waals surface area contributed by atoms with Crippen molar-refractivity contribution in [3.05, 3.63) is 34.4 Å². The highest BCUT2D eigenvalue weighted by Crippen LogP contribution is 2.22. The van der Waals surface area contributed by atoms with Crippen molar-refractivity contribution < 1.29 is 4.79 Å². The third kappa shape index (κ3) is 1.52. The summed E-state index contributed by atoms with van der Waals surface area (Å²) in [5.41, 5.74) is 2.12. The highest BCUT2D eigenvalue weighted by Gasteiger charge is 2.02. The van der Waals surface area contributed by atoms with Gasteiger partial charge < -0.3 is 9.78 Å². The molecule has 0 atom stereocenters. The van der Waals surface area contributed by atoms with Gasteiger partial charge in [-0.05, 0) is 23.8 Å². The Morgan fingerprint density at radius 1 is 1.46 bits per heavy atom. The van der Waals surface area contributed by atoms with E-state index < -0.39 is 0 Å². The van der Waals surface area contributed by atoms with Crippen LogP contribution in [0.3, 0.4) is 0 Å². The third-order valence-corrected chi connectivity index (χ3v) is 2.53. The van der Waals surface area contributed by atoms with E-state index in [2.05, 4.69) is 20.9 Å². The van der Waals surface area contributed by atoms with Gasteiger partial charge in [-0.15, -0.1) is 0 Å². The Labute approximate surface area is 84.1 Å². The lowest BCUT2D eigenvalue weighted by atomic mass is 10.1. The summed E-state index contributed by atoms with van der Waals surface area (Å²) >= 11 is 3.40. The molecule has 2 nitrogen and oxygen atoms in total. The van der Waals surface area contributed by atoms with Crippen LogP contribution in [0.4, 0.5) is 0 Å². The minimum absolute atomic E-state index is 0.469. The number of carbonyl (C=O) groups excluding carboxylic acids is 1. The number of halogens is 1. The van der Waals surface area contributed by atoms with E-state index in [1.165, 1.54) is 0 Å². The van der Waals surface area contributed by atoms with Crippen molar-refractivity contribution in [1.82, 2.24) is 4.98 Å². The molecule has 1 heterocycles. The van der Waals surface area contributed by atoms with Crippen LogP contribution in [0.5, 0.6) is 0 Å². The number of H-pyrrole nitrogens is 1. The molecule has 0 aliphatic rings. The van der Waals surface area contributed by atoms with Gasteiger partial charge in [-0.2, -0.15) is 0 Å². The van der Waals surface area contributed by atoms with Crippen LogP contribution in [-0.4, -0.2) is 11.3 Å². The molecular weight excluding hydrogens is 230 g/mol. The van der Waals surface area contributed by atoms with Crippen molar-refractivity contribution in [2.24, 2.45) is 0 Å². The molecule has 0 aliphatic heterocycles. The second-order valence-electron chi connectivity index (χ2n) is 2.87. The molecule has 0 amide bonds. The molecule has 0 saturated heterocycles. The molecular formula is C10H8BrNO. The van der Waals surface area contributed by atoms with E-state index in [0.717, 1.165) is 27.2 Å². The van der Waals surface area contributed by atoms with E-state index in [4.69, 9.17) is 0 Å². The van der Waals surface area contributed by atoms with Gasteiger partial charge >= 0.3 is 0 Å². The van der Waals surface area contributed by atoms with Crippen molar-refractivity contribution in [1.29, 1.82) is 0 Å². The number of hydrogen-bond acceptors (Lipinski definition) is 1. The van der Waals surface area contributed by atoms with E-state index in [1.54, 1.807) is 0 Å². The lowest BCUT2D eigenvalue weighted by Gasteiger charge is -1.93. The Hall–Kier alpha value is -1.09. The van der Waals surface area contributed by atoms with Crippen molar-refractivity contribution in [2.45, 2.75) is 6.42 Å². The van der Waals surface area contributed by atoms with Crippen LogP contribution >= 0.6 is 15.9 Å². The van der Waals surface area contributed by atoms with Gasteiger partial charge in [0.25, 0.3) is 0 Å². The Balaban J connectivity index is 2.64. The maximum atomic E-state index is 10.4. The standard InChI is InChI=1S/C10H8BrNO/c11-8-1-2-10-9(5-8)7(3-4-13)6-12-10/h1-2,4-6,12H,3H2. The smallest absolute Gasteiger partial charge is 0.124 e. The summed E-state index contributed by atoms with van der Waals surface area (Å²) < 4.78 is 1.03. The highest BCUT2D eigenvalue weighted by atomic mass is 79.9. The van der Waals surface area contributed by atoms with E-state index >= 15 is 0 Å². The lowest BCUT2D eigenvalue weighted by Crippen LogP contribution is -1.81. The van der Waals surface area contributed by atoms with Gasteiger partial charge in [0.1, 0.15) is 6.29 Å². The topological polar surface area (TPSA) is 32.9 Å². The predicted octanol–water partition coefficient (Wildman–Crippen LogP) is 2.67. The van der Waals surface area contributed by atoms with E-state index in [1.807, 2.05) is 24.4 Å². The zero-order valence-corrected chi connectivity index (χ0v) is 8.47. The van der Waals surface area contributed by atoms with E-state index in [0.29, 0.717) is 6.42 Å². The minimum atomic E-state index is 0.469. The number of aromatic amines is 1. The molecule has 66 valence electrons. The predicted molar refractivity (Wildman–Crippen MR) is 55.8 cm³/mol. The minimum Gasteiger partial charge on any atom is -0.361 e. The number of carbonyl (C=O) groups is 1. The molecule has 13 heavy (non-hydrogen) atoms. The first-order valence-corrected chi connectivity index (χ1v) is 4.79. The van der Waals surface area contributed by atoms with Crippen molar-refractivity contribution in [2.75, 3.05) is 0 Å². The molecule has 0 spiro atoms. The second kappa shape index (κ2) is 3.34. The van der Waals surface area contributed by atoms with Crippen LogP contribution in [0.2, 0.25) is 0 Å². The third-order valence-electron chi connectivity index (χ3n) is 2.03. The molecule has 0 aliphatic carbocycles.